The first kappa shape index (κ1) is 23.4. The van der Waals surface area contributed by atoms with Gasteiger partial charge < -0.3 is 26.9 Å². The Bertz CT molecular complexity index is 323. The summed E-state index contributed by atoms with van der Waals surface area (Å²) < 4.78 is 4.81. The van der Waals surface area contributed by atoms with Gasteiger partial charge in [-0.15, -0.1) is 0 Å². The number of hydrogen-bond acceptors (Lipinski definition) is 4. The summed E-state index contributed by atoms with van der Waals surface area (Å²) in [7, 11) is 0. The normalized spacial score (nSPS) is 10.8. The maximum absolute atomic E-state index is 10.9. The van der Waals surface area contributed by atoms with Gasteiger partial charge in [0.25, 0.3) is 5.97 Å². The van der Waals surface area contributed by atoms with E-state index in [1.807, 2.05) is 0 Å². The molecule has 0 aliphatic heterocycles. The number of amides is 1. The van der Waals surface area contributed by atoms with E-state index in [1.54, 1.807) is 34.0 Å². The molecule has 0 aromatic heterocycles. The van der Waals surface area contributed by atoms with Gasteiger partial charge >= 0.3 is 6.09 Å². The third-order valence-corrected chi connectivity index (χ3v) is 1.16. The fourth-order valence-electron chi connectivity index (χ4n) is 0.512. The van der Waals surface area contributed by atoms with Gasteiger partial charge in [-0.2, -0.15) is 5.57 Å². The van der Waals surface area contributed by atoms with Crippen molar-refractivity contribution in [3.8, 4) is 0 Å². The van der Waals surface area contributed by atoms with Gasteiger partial charge in [-0.3, -0.25) is 4.79 Å². The van der Waals surface area contributed by atoms with Gasteiger partial charge in [-0.05, 0) is 27.1 Å². The molecule has 107 valence electrons. The molecule has 0 heterocycles. The van der Waals surface area contributed by atoms with Gasteiger partial charge in [-0.1, -0.05) is 6.92 Å². The Balaban J connectivity index is -0.000000366. The Kier molecular flexibility index (Phi) is 13.7. The SMILES string of the molecule is C=C(C)[C-]=O.[CH2-][C@H](NC(=O)OC(C)(C)C)C(=O)O.[Y]. The molecule has 6 nitrogen and oxygen atoms in total. The summed E-state index contributed by atoms with van der Waals surface area (Å²) in [5.41, 5.74) is -0.188. The van der Waals surface area contributed by atoms with Crippen molar-refractivity contribution in [1.82, 2.24) is 5.32 Å². The number of ether oxygens (including phenoxy) is 1. The summed E-state index contributed by atoms with van der Waals surface area (Å²) in [5.74, 6) is -1.20. The van der Waals surface area contributed by atoms with Crippen LogP contribution in [0.4, 0.5) is 4.79 Å². The minimum atomic E-state index is -1.20. The van der Waals surface area contributed by atoms with Crippen molar-refractivity contribution in [2.24, 2.45) is 0 Å². The van der Waals surface area contributed by atoms with Crippen LogP contribution >= 0.6 is 0 Å². The van der Waals surface area contributed by atoms with Crippen LogP contribution in [0, 0.1) is 6.92 Å². The fraction of sp³-hybridized carbons (Fsp3) is 0.500. The number of nitrogens with one attached hydrogen (secondary N) is 1. The fourth-order valence-corrected chi connectivity index (χ4v) is 0.512. The predicted octanol–water partition coefficient (Wildman–Crippen LogP) is 1.47. The second-order valence-corrected chi connectivity index (χ2v) is 4.42. The predicted molar refractivity (Wildman–Crippen MR) is 66.7 cm³/mol. The molecule has 1 radical (unpaired) electrons. The van der Waals surface area contributed by atoms with Crippen LogP contribution in [-0.2, 0) is 47.0 Å². The minimum absolute atomic E-state index is 0. The molecule has 0 aliphatic rings. The number of carboxylic acid groups (broad SMARTS) is 1. The molecular formula is C12H19NO5Y-2. The van der Waals surface area contributed by atoms with Crippen LogP contribution in [0.1, 0.15) is 27.7 Å². The zero-order chi connectivity index (χ0) is 14.9. The zero-order valence-corrected chi connectivity index (χ0v) is 14.5. The minimum Gasteiger partial charge on any atom is -0.482 e. The average molecular weight is 346 g/mol. The molecule has 0 saturated carbocycles. The molecule has 0 fully saturated rings. The van der Waals surface area contributed by atoms with Gasteiger partial charge in [0.1, 0.15) is 5.60 Å². The van der Waals surface area contributed by atoms with Gasteiger partial charge in [0.15, 0.2) is 0 Å². The van der Waals surface area contributed by atoms with E-state index in [1.165, 1.54) is 0 Å². The molecule has 0 rings (SSSR count). The maximum Gasteiger partial charge on any atom is 0.405 e. The van der Waals surface area contributed by atoms with E-state index >= 15 is 0 Å². The molecule has 7 heteroatoms. The van der Waals surface area contributed by atoms with Gasteiger partial charge in [-0.25, -0.2) is 11.4 Å². The Morgan fingerprint density at radius 3 is 2.00 bits per heavy atom. The van der Waals surface area contributed by atoms with Crippen LogP contribution in [0.15, 0.2) is 12.2 Å². The summed E-state index contributed by atoms with van der Waals surface area (Å²) >= 11 is 0. The van der Waals surface area contributed by atoms with Crippen LogP contribution in [0.3, 0.4) is 0 Å². The summed E-state index contributed by atoms with van der Waals surface area (Å²) in [6.07, 6.45) is 0.801. The van der Waals surface area contributed by atoms with E-state index < -0.39 is 23.7 Å². The Morgan fingerprint density at radius 1 is 1.42 bits per heavy atom. The quantitative estimate of drug-likeness (QED) is 0.596. The van der Waals surface area contributed by atoms with E-state index in [2.05, 4.69) is 18.8 Å². The van der Waals surface area contributed by atoms with Crippen molar-refractivity contribution in [1.29, 1.82) is 0 Å². The molecule has 0 saturated heterocycles. The number of carbonyl (C=O) groups is 2. The van der Waals surface area contributed by atoms with Crippen molar-refractivity contribution in [2.75, 3.05) is 0 Å². The molecule has 19 heavy (non-hydrogen) atoms. The maximum atomic E-state index is 10.9. The van der Waals surface area contributed by atoms with Crippen molar-refractivity contribution in [3.05, 3.63) is 19.1 Å². The first-order valence-corrected chi connectivity index (χ1v) is 5.08. The van der Waals surface area contributed by atoms with Crippen LogP contribution in [-0.4, -0.2) is 35.1 Å². The second kappa shape index (κ2) is 11.1. The number of hydrogen-bond donors (Lipinski definition) is 2. The molecule has 0 unspecified atom stereocenters. The van der Waals surface area contributed by atoms with Crippen molar-refractivity contribution in [2.45, 2.75) is 39.3 Å². The zero-order valence-electron chi connectivity index (χ0n) is 11.6. The van der Waals surface area contributed by atoms with Crippen molar-refractivity contribution in [3.63, 3.8) is 0 Å². The van der Waals surface area contributed by atoms with Gasteiger partial charge in [0, 0.05) is 38.8 Å². The number of rotatable bonds is 3. The van der Waals surface area contributed by atoms with Crippen molar-refractivity contribution < 1.29 is 56.9 Å². The van der Waals surface area contributed by atoms with Crippen LogP contribution in [0.25, 0.3) is 0 Å². The first-order valence-electron chi connectivity index (χ1n) is 5.08. The number of carbonyl (C=O) groups excluding carboxylic acids is 2. The number of carboxylic acids is 1. The molecule has 0 bridgehead atoms. The Labute approximate surface area is 138 Å². The monoisotopic (exact) mass is 346 g/mol. The first-order chi connectivity index (χ1) is 7.99. The van der Waals surface area contributed by atoms with Crippen molar-refractivity contribution >= 4 is 18.3 Å². The summed E-state index contributed by atoms with van der Waals surface area (Å²) in [6, 6.07) is -1.19. The van der Waals surface area contributed by atoms with E-state index in [0.29, 0.717) is 5.57 Å². The largest absolute Gasteiger partial charge is 0.482 e. The average Bonchev–Trinajstić information content (AvgIpc) is 2.15. The van der Waals surface area contributed by atoms with Crippen LogP contribution in [0.5, 0.6) is 0 Å². The molecule has 0 spiro atoms. The molecule has 1 amide bonds. The second-order valence-electron chi connectivity index (χ2n) is 4.42. The smallest absolute Gasteiger partial charge is 0.405 e. The third kappa shape index (κ3) is 19.8. The summed E-state index contributed by atoms with van der Waals surface area (Å²) in [5, 5.41) is 10.5. The topological polar surface area (TPSA) is 92.7 Å². The molecule has 1 atom stereocenters. The van der Waals surface area contributed by atoms with Gasteiger partial charge in [0.05, 0.1) is 0 Å². The number of alkyl carbamates (subject to hydrolysis) is 1. The molecule has 0 aliphatic carbocycles. The Hall–Kier alpha value is -0.746. The summed E-state index contributed by atoms with van der Waals surface area (Å²) in [4.78, 5) is 30.5. The summed E-state index contributed by atoms with van der Waals surface area (Å²) in [6.45, 7) is 13.1. The standard InChI is InChI=1S/C8H14NO4.C4H5O.Y/c1-5(6(10)11)9-7(12)13-8(2,3)4;1-4(2)3-5;/h5H,1H2,2-4H3,(H,9,12)(H,10,11);1H2,2H3;/q2*-1;/t5-;;/m0../s1. The number of aliphatic carboxylic acids is 1. The van der Waals surface area contributed by atoms with E-state index in [0.717, 1.165) is 0 Å². The van der Waals surface area contributed by atoms with E-state index in [-0.39, 0.29) is 32.7 Å². The molecular weight excluding hydrogens is 327 g/mol. The van der Waals surface area contributed by atoms with Crippen LogP contribution in [0.2, 0.25) is 0 Å². The Morgan fingerprint density at radius 2 is 1.79 bits per heavy atom. The molecule has 0 aromatic carbocycles. The van der Waals surface area contributed by atoms with E-state index in [4.69, 9.17) is 9.84 Å². The van der Waals surface area contributed by atoms with Gasteiger partial charge in [0.2, 0.25) is 0 Å². The van der Waals surface area contributed by atoms with Crippen LogP contribution < -0.4 is 5.32 Å². The third-order valence-electron chi connectivity index (χ3n) is 1.16. The van der Waals surface area contributed by atoms with E-state index in [9.17, 15) is 14.4 Å². The molecule has 0 aromatic rings. The number of allylic oxidation sites excluding steroid dienone is 1. The molecule has 2 N–H and O–H groups in total.